The van der Waals surface area contributed by atoms with Crippen molar-refractivity contribution in [3.05, 3.63) is 29.8 Å². The number of hydrogen-bond acceptors (Lipinski definition) is 4. The van der Waals surface area contributed by atoms with Crippen LogP contribution >= 0.6 is 11.8 Å². The van der Waals surface area contributed by atoms with Gasteiger partial charge in [0.05, 0.1) is 11.7 Å². The number of hydrogen-bond donors (Lipinski definition) is 1. The van der Waals surface area contributed by atoms with Crippen LogP contribution in [0.5, 0.6) is 0 Å². The van der Waals surface area contributed by atoms with E-state index in [0.29, 0.717) is 12.1 Å². The van der Waals surface area contributed by atoms with Crippen LogP contribution in [0.1, 0.15) is 49.9 Å². The molecule has 1 N–H and O–H groups in total. The van der Waals surface area contributed by atoms with Crippen LogP contribution < -0.4 is 0 Å². The van der Waals surface area contributed by atoms with Gasteiger partial charge < -0.3 is 14.7 Å². The Bertz CT molecular complexity index is 593. The summed E-state index contributed by atoms with van der Waals surface area (Å²) in [7, 11) is 0. The highest BCUT2D eigenvalue weighted by molar-refractivity contribution is 8.00. The summed E-state index contributed by atoms with van der Waals surface area (Å²) in [5.41, 5.74) is 0.591. The molecular weight excluding hydrogens is 338 g/mol. The number of nitrogens with zero attached hydrogens (tertiary/aromatic N) is 1. The third-order valence-electron chi connectivity index (χ3n) is 4.29. The number of aliphatic carboxylic acids is 1. The van der Waals surface area contributed by atoms with Gasteiger partial charge in [0.2, 0.25) is 0 Å². The highest BCUT2D eigenvalue weighted by atomic mass is 32.2. The molecule has 1 amide bonds. The number of rotatable bonds is 7. The first kappa shape index (κ1) is 19.8. The van der Waals surface area contributed by atoms with Crippen molar-refractivity contribution >= 4 is 23.6 Å². The van der Waals surface area contributed by atoms with Gasteiger partial charge in [-0.3, -0.25) is 9.59 Å². The standard InChI is InChI=1S/C19H27NO4S/c1-3-13-24-15-7-6-11-20(12-10-15)18(21)16-8-4-5-9-17(16)25-14(2)19(22)23/h4-5,8-9,14-15H,3,6-7,10-13H2,1-2H3,(H,22,23). The molecule has 2 unspecified atom stereocenters. The number of carboxylic acids is 1. The van der Waals surface area contributed by atoms with E-state index in [1.54, 1.807) is 13.0 Å². The Hall–Kier alpha value is -1.53. The van der Waals surface area contributed by atoms with E-state index in [1.807, 2.05) is 23.1 Å². The lowest BCUT2D eigenvalue weighted by Crippen LogP contribution is -2.32. The fraction of sp³-hybridized carbons (Fsp3) is 0.579. The predicted molar refractivity (Wildman–Crippen MR) is 99.2 cm³/mol. The molecule has 1 aliphatic rings. The van der Waals surface area contributed by atoms with Gasteiger partial charge in [0.1, 0.15) is 5.25 Å². The maximum Gasteiger partial charge on any atom is 0.316 e. The summed E-state index contributed by atoms with van der Waals surface area (Å²) in [6, 6.07) is 7.27. The van der Waals surface area contributed by atoms with Crippen LogP contribution in [0.4, 0.5) is 0 Å². The monoisotopic (exact) mass is 365 g/mol. The topological polar surface area (TPSA) is 66.8 Å². The smallest absolute Gasteiger partial charge is 0.316 e. The van der Waals surface area contributed by atoms with E-state index in [9.17, 15) is 9.59 Å². The van der Waals surface area contributed by atoms with Gasteiger partial charge >= 0.3 is 5.97 Å². The summed E-state index contributed by atoms with van der Waals surface area (Å²) >= 11 is 1.22. The fourth-order valence-electron chi connectivity index (χ4n) is 2.88. The van der Waals surface area contributed by atoms with Crippen LogP contribution in [0.25, 0.3) is 0 Å². The lowest BCUT2D eigenvalue weighted by molar-refractivity contribution is -0.136. The molecule has 0 saturated carbocycles. The minimum atomic E-state index is -0.877. The number of likely N-dealkylation sites (tertiary alicyclic amines) is 1. The molecule has 0 radical (unpaired) electrons. The molecule has 25 heavy (non-hydrogen) atoms. The second kappa shape index (κ2) is 9.82. The zero-order valence-corrected chi connectivity index (χ0v) is 15.8. The van der Waals surface area contributed by atoms with E-state index < -0.39 is 11.2 Å². The fourth-order valence-corrected chi connectivity index (χ4v) is 3.80. The average Bonchev–Trinajstić information content (AvgIpc) is 2.85. The molecule has 0 aromatic heterocycles. The first-order valence-electron chi connectivity index (χ1n) is 8.92. The van der Waals surface area contributed by atoms with Crippen LogP contribution in [-0.2, 0) is 9.53 Å². The van der Waals surface area contributed by atoms with Gasteiger partial charge in [0.25, 0.3) is 5.91 Å². The quantitative estimate of drug-likeness (QED) is 0.747. The van der Waals surface area contributed by atoms with Crippen molar-refractivity contribution in [2.75, 3.05) is 19.7 Å². The Labute approximate surface area is 153 Å². The van der Waals surface area contributed by atoms with Crippen molar-refractivity contribution in [1.29, 1.82) is 0 Å². The zero-order valence-electron chi connectivity index (χ0n) is 14.9. The average molecular weight is 365 g/mol. The van der Waals surface area contributed by atoms with E-state index in [1.165, 1.54) is 11.8 Å². The molecule has 1 fully saturated rings. The van der Waals surface area contributed by atoms with Gasteiger partial charge in [-0.15, -0.1) is 11.8 Å². The van der Waals surface area contributed by atoms with E-state index >= 15 is 0 Å². The molecule has 0 bridgehead atoms. The molecule has 1 aromatic rings. The van der Waals surface area contributed by atoms with Crippen molar-refractivity contribution in [3.8, 4) is 0 Å². The number of carboxylic acid groups (broad SMARTS) is 1. The van der Waals surface area contributed by atoms with Crippen molar-refractivity contribution in [2.45, 2.75) is 55.8 Å². The van der Waals surface area contributed by atoms with Gasteiger partial charge in [-0.05, 0) is 44.7 Å². The summed E-state index contributed by atoms with van der Waals surface area (Å²) in [5.74, 6) is -0.894. The first-order valence-corrected chi connectivity index (χ1v) is 9.80. The lowest BCUT2D eigenvalue weighted by Gasteiger charge is -2.22. The summed E-state index contributed by atoms with van der Waals surface area (Å²) in [6.45, 7) is 5.90. The zero-order chi connectivity index (χ0) is 18.2. The Morgan fingerprint density at radius 2 is 2.08 bits per heavy atom. The number of carbonyl (C=O) groups excluding carboxylic acids is 1. The Morgan fingerprint density at radius 3 is 2.80 bits per heavy atom. The van der Waals surface area contributed by atoms with Gasteiger partial charge in [-0.1, -0.05) is 19.1 Å². The summed E-state index contributed by atoms with van der Waals surface area (Å²) in [5, 5.41) is 8.54. The number of amides is 1. The Morgan fingerprint density at radius 1 is 1.32 bits per heavy atom. The Kier molecular flexibility index (Phi) is 7.78. The molecule has 2 rings (SSSR count). The van der Waals surface area contributed by atoms with Crippen LogP contribution in [0.15, 0.2) is 29.2 Å². The maximum atomic E-state index is 13.0. The highest BCUT2D eigenvalue weighted by Crippen LogP contribution is 2.28. The SMILES string of the molecule is CCCOC1CCCN(C(=O)c2ccccc2SC(C)C(=O)O)CC1. The van der Waals surface area contributed by atoms with Gasteiger partial charge in [-0.25, -0.2) is 0 Å². The molecule has 6 heteroatoms. The normalized spacial score (nSPS) is 19.3. The number of carbonyl (C=O) groups is 2. The van der Waals surface area contributed by atoms with E-state index in [0.717, 1.165) is 43.7 Å². The molecule has 1 aromatic carbocycles. The second-order valence-electron chi connectivity index (χ2n) is 6.31. The number of benzene rings is 1. The first-order chi connectivity index (χ1) is 12.0. The Balaban J connectivity index is 2.06. The van der Waals surface area contributed by atoms with Crippen molar-refractivity contribution in [1.82, 2.24) is 4.90 Å². The molecule has 2 atom stereocenters. The summed E-state index contributed by atoms with van der Waals surface area (Å²) in [6.07, 6.45) is 4.00. The van der Waals surface area contributed by atoms with Crippen LogP contribution in [0.3, 0.4) is 0 Å². The number of thioether (sulfide) groups is 1. The van der Waals surface area contributed by atoms with E-state index in [-0.39, 0.29) is 12.0 Å². The highest BCUT2D eigenvalue weighted by Gasteiger charge is 2.24. The molecule has 1 aliphatic heterocycles. The molecular formula is C19H27NO4S. The predicted octanol–water partition coefficient (Wildman–Crippen LogP) is 3.67. The lowest BCUT2D eigenvalue weighted by atomic mass is 10.1. The maximum absolute atomic E-state index is 13.0. The summed E-state index contributed by atoms with van der Waals surface area (Å²) in [4.78, 5) is 26.7. The second-order valence-corrected chi connectivity index (χ2v) is 7.69. The largest absolute Gasteiger partial charge is 0.480 e. The van der Waals surface area contributed by atoms with Crippen LogP contribution in [0, 0.1) is 0 Å². The number of ether oxygens (including phenoxy) is 1. The van der Waals surface area contributed by atoms with Crippen molar-refractivity contribution in [2.24, 2.45) is 0 Å². The minimum absolute atomic E-state index is 0.0168. The van der Waals surface area contributed by atoms with Crippen molar-refractivity contribution < 1.29 is 19.4 Å². The third-order valence-corrected chi connectivity index (χ3v) is 5.45. The van der Waals surface area contributed by atoms with Gasteiger partial charge in [-0.2, -0.15) is 0 Å². The third kappa shape index (κ3) is 5.75. The molecule has 138 valence electrons. The molecule has 0 spiro atoms. The minimum Gasteiger partial charge on any atom is -0.480 e. The van der Waals surface area contributed by atoms with E-state index in [4.69, 9.17) is 9.84 Å². The molecule has 0 aliphatic carbocycles. The van der Waals surface area contributed by atoms with E-state index in [2.05, 4.69) is 6.92 Å². The van der Waals surface area contributed by atoms with Crippen LogP contribution in [-0.4, -0.2) is 52.9 Å². The van der Waals surface area contributed by atoms with Crippen molar-refractivity contribution in [3.63, 3.8) is 0 Å². The van der Waals surface area contributed by atoms with Gasteiger partial charge in [0.15, 0.2) is 0 Å². The van der Waals surface area contributed by atoms with Crippen LogP contribution in [0.2, 0.25) is 0 Å². The molecule has 1 saturated heterocycles. The molecule has 5 nitrogen and oxygen atoms in total. The summed E-state index contributed by atoms with van der Waals surface area (Å²) < 4.78 is 5.84. The molecule has 1 heterocycles. The van der Waals surface area contributed by atoms with Gasteiger partial charge in [0, 0.05) is 24.6 Å².